The molecule has 0 atom stereocenters. The molecule has 0 radical (unpaired) electrons. The molecule has 0 bridgehead atoms. The summed E-state index contributed by atoms with van der Waals surface area (Å²) >= 11 is 5.88. The van der Waals surface area contributed by atoms with Crippen molar-refractivity contribution in [2.75, 3.05) is 37.0 Å². The van der Waals surface area contributed by atoms with E-state index in [2.05, 4.69) is 5.32 Å². The first kappa shape index (κ1) is 17.1. The highest BCUT2D eigenvalue weighted by Gasteiger charge is 2.30. The lowest BCUT2D eigenvalue weighted by Gasteiger charge is -2.18. The van der Waals surface area contributed by atoms with Crippen LogP contribution in [0.15, 0.2) is 48.5 Å². The molecule has 0 spiro atoms. The Morgan fingerprint density at radius 3 is 2.68 bits per heavy atom. The molecule has 1 heterocycles. The molecule has 6 nitrogen and oxygen atoms in total. The van der Waals surface area contributed by atoms with Crippen LogP contribution in [0.25, 0.3) is 0 Å². The number of carbonyl (C=O) groups excluding carboxylic acids is 2. The fourth-order valence-corrected chi connectivity index (χ4v) is 2.79. The van der Waals surface area contributed by atoms with E-state index in [1.807, 2.05) is 0 Å². The third-order valence-electron chi connectivity index (χ3n) is 3.92. The summed E-state index contributed by atoms with van der Waals surface area (Å²) in [5.41, 5.74) is 1.40. The van der Waals surface area contributed by atoms with Crippen LogP contribution in [0.4, 0.5) is 16.2 Å². The Morgan fingerprint density at radius 2 is 1.96 bits per heavy atom. The number of nitrogens with zero attached hydrogens (tertiary/aromatic N) is 2. The van der Waals surface area contributed by atoms with Crippen LogP contribution >= 0.6 is 11.6 Å². The first-order valence-corrected chi connectivity index (χ1v) is 8.20. The Kier molecular flexibility index (Phi) is 5.09. The van der Waals surface area contributed by atoms with Gasteiger partial charge in [-0.15, -0.1) is 0 Å². The van der Waals surface area contributed by atoms with Crippen LogP contribution in [0, 0.1) is 0 Å². The molecule has 3 amide bonds. The van der Waals surface area contributed by atoms with Crippen LogP contribution in [0.1, 0.15) is 0 Å². The number of anilines is 2. The van der Waals surface area contributed by atoms with Gasteiger partial charge in [-0.2, -0.15) is 0 Å². The standard InChI is InChI=1S/C18H18ClN3O3/c1-25-16-4-2-3-14(11-16)20-17(23)12-21-9-10-22(18(21)24)15-7-5-13(19)6-8-15/h2-8,11H,9-10,12H2,1H3,(H,20,23). The molecule has 0 aliphatic carbocycles. The van der Waals surface area contributed by atoms with Crippen LogP contribution in [-0.2, 0) is 4.79 Å². The van der Waals surface area contributed by atoms with Crippen LogP contribution in [0.5, 0.6) is 5.75 Å². The molecule has 1 aliphatic heterocycles. The van der Waals surface area contributed by atoms with Gasteiger partial charge in [-0.05, 0) is 36.4 Å². The zero-order valence-electron chi connectivity index (χ0n) is 13.7. The number of carbonyl (C=O) groups is 2. The molecular weight excluding hydrogens is 342 g/mol. The summed E-state index contributed by atoms with van der Waals surface area (Å²) < 4.78 is 5.13. The van der Waals surface area contributed by atoms with Crippen molar-refractivity contribution < 1.29 is 14.3 Å². The van der Waals surface area contributed by atoms with Gasteiger partial charge in [0.25, 0.3) is 0 Å². The highest BCUT2D eigenvalue weighted by molar-refractivity contribution is 6.30. The lowest BCUT2D eigenvalue weighted by molar-refractivity contribution is -0.116. The zero-order valence-corrected chi connectivity index (χ0v) is 14.5. The van der Waals surface area contributed by atoms with E-state index in [-0.39, 0.29) is 18.5 Å². The van der Waals surface area contributed by atoms with Crippen molar-refractivity contribution in [3.05, 3.63) is 53.6 Å². The number of hydrogen-bond acceptors (Lipinski definition) is 3. The highest BCUT2D eigenvalue weighted by atomic mass is 35.5. The van der Waals surface area contributed by atoms with E-state index in [4.69, 9.17) is 16.3 Å². The van der Waals surface area contributed by atoms with Crippen LogP contribution in [0.2, 0.25) is 5.02 Å². The molecule has 7 heteroatoms. The normalized spacial score (nSPS) is 13.9. The maximum Gasteiger partial charge on any atom is 0.325 e. The second-order valence-corrected chi connectivity index (χ2v) is 6.05. The molecule has 3 rings (SSSR count). The predicted octanol–water partition coefficient (Wildman–Crippen LogP) is 3.23. The minimum absolute atomic E-state index is 0.000132. The molecule has 0 saturated carbocycles. The number of benzene rings is 2. The number of rotatable bonds is 5. The monoisotopic (exact) mass is 359 g/mol. The van der Waals surface area contributed by atoms with Crippen LogP contribution < -0.4 is 15.0 Å². The Bertz CT molecular complexity index is 779. The molecule has 130 valence electrons. The minimum Gasteiger partial charge on any atom is -0.497 e. The quantitative estimate of drug-likeness (QED) is 0.891. The van der Waals surface area contributed by atoms with E-state index in [1.165, 1.54) is 4.90 Å². The van der Waals surface area contributed by atoms with E-state index < -0.39 is 0 Å². The predicted molar refractivity (Wildman–Crippen MR) is 97.4 cm³/mol. The summed E-state index contributed by atoms with van der Waals surface area (Å²) in [7, 11) is 1.56. The SMILES string of the molecule is COc1cccc(NC(=O)CN2CCN(c3ccc(Cl)cc3)C2=O)c1. The van der Waals surface area contributed by atoms with Crippen molar-refractivity contribution in [1.82, 2.24) is 4.90 Å². The molecule has 1 saturated heterocycles. The smallest absolute Gasteiger partial charge is 0.325 e. The number of nitrogens with one attached hydrogen (secondary N) is 1. The van der Waals surface area contributed by atoms with Crippen LogP contribution in [0.3, 0.4) is 0 Å². The third kappa shape index (κ3) is 4.03. The maximum atomic E-state index is 12.5. The number of urea groups is 1. The molecule has 2 aromatic carbocycles. The third-order valence-corrected chi connectivity index (χ3v) is 4.17. The molecule has 25 heavy (non-hydrogen) atoms. The van der Waals surface area contributed by atoms with Gasteiger partial charge in [-0.25, -0.2) is 4.79 Å². The fourth-order valence-electron chi connectivity index (χ4n) is 2.66. The average molecular weight is 360 g/mol. The second kappa shape index (κ2) is 7.44. The maximum absolute atomic E-state index is 12.5. The lowest BCUT2D eigenvalue weighted by Crippen LogP contribution is -2.37. The largest absolute Gasteiger partial charge is 0.497 e. The lowest BCUT2D eigenvalue weighted by atomic mass is 10.3. The summed E-state index contributed by atoms with van der Waals surface area (Å²) in [5.74, 6) is 0.406. The van der Waals surface area contributed by atoms with E-state index in [1.54, 1.807) is 60.5 Å². The molecular formula is C18H18ClN3O3. The summed E-state index contributed by atoms with van der Waals surface area (Å²) in [5, 5.41) is 3.39. The summed E-state index contributed by atoms with van der Waals surface area (Å²) in [6, 6.07) is 13.9. The Labute approximate surface area is 150 Å². The molecule has 2 aromatic rings. The minimum atomic E-state index is -0.250. The van der Waals surface area contributed by atoms with Crippen molar-refractivity contribution in [3.63, 3.8) is 0 Å². The highest BCUT2D eigenvalue weighted by Crippen LogP contribution is 2.22. The van der Waals surface area contributed by atoms with Gasteiger partial charge in [0, 0.05) is 35.6 Å². The topological polar surface area (TPSA) is 61.9 Å². The van der Waals surface area contributed by atoms with Crippen molar-refractivity contribution in [2.45, 2.75) is 0 Å². The summed E-state index contributed by atoms with van der Waals surface area (Å²) in [6.07, 6.45) is 0. The number of methoxy groups -OCH3 is 1. The second-order valence-electron chi connectivity index (χ2n) is 5.61. The van der Waals surface area contributed by atoms with E-state index in [0.717, 1.165) is 5.69 Å². The van der Waals surface area contributed by atoms with Crippen molar-refractivity contribution in [2.24, 2.45) is 0 Å². The van der Waals surface area contributed by atoms with Gasteiger partial charge >= 0.3 is 6.03 Å². The summed E-state index contributed by atoms with van der Waals surface area (Å²) in [6.45, 7) is 1.03. The number of hydrogen-bond donors (Lipinski definition) is 1. The Hall–Kier alpha value is -2.73. The Morgan fingerprint density at radius 1 is 1.20 bits per heavy atom. The van der Waals surface area contributed by atoms with Crippen molar-refractivity contribution >= 4 is 34.9 Å². The first-order valence-electron chi connectivity index (χ1n) is 7.83. The molecule has 1 N–H and O–H groups in total. The van der Waals surface area contributed by atoms with Gasteiger partial charge in [0.2, 0.25) is 5.91 Å². The van der Waals surface area contributed by atoms with Gasteiger partial charge in [0.1, 0.15) is 12.3 Å². The molecule has 1 aliphatic rings. The van der Waals surface area contributed by atoms with Gasteiger partial charge in [0.05, 0.1) is 7.11 Å². The Balaban J connectivity index is 1.60. The summed E-state index contributed by atoms with van der Waals surface area (Å²) in [4.78, 5) is 27.9. The number of ether oxygens (including phenoxy) is 1. The van der Waals surface area contributed by atoms with Gasteiger partial charge < -0.3 is 15.0 Å². The zero-order chi connectivity index (χ0) is 17.8. The van der Waals surface area contributed by atoms with Gasteiger partial charge in [-0.1, -0.05) is 17.7 Å². The van der Waals surface area contributed by atoms with Gasteiger partial charge in [0.15, 0.2) is 0 Å². The average Bonchev–Trinajstić information content (AvgIpc) is 2.96. The number of halogens is 1. The van der Waals surface area contributed by atoms with Crippen molar-refractivity contribution in [1.29, 1.82) is 0 Å². The van der Waals surface area contributed by atoms with E-state index >= 15 is 0 Å². The first-order chi connectivity index (χ1) is 12.1. The van der Waals surface area contributed by atoms with Crippen LogP contribution in [-0.4, -0.2) is 43.6 Å². The van der Waals surface area contributed by atoms with Crippen molar-refractivity contribution in [3.8, 4) is 5.75 Å². The molecule has 0 aromatic heterocycles. The van der Waals surface area contributed by atoms with E-state index in [9.17, 15) is 9.59 Å². The van der Waals surface area contributed by atoms with E-state index in [0.29, 0.717) is 29.5 Å². The molecule has 0 unspecified atom stereocenters. The fraction of sp³-hybridized carbons (Fsp3) is 0.222. The number of amides is 3. The molecule has 1 fully saturated rings. The van der Waals surface area contributed by atoms with Gasteiger partial charge in [-0.3, -0.25) is 9.69 Å².